The van der Waals surface area contributed by atoms with E-state index in [0.29, 0.717) is 0 Å². The Morgan fingerprint density at radius 2 is 2.40 bits per heavy atom. The number of methoxy groups -OCH3 is 1. The Bertz CT molecular complexity index is 500. The second kappa shape index (κ2) is 5.83. The van der Waals surface area contributed by atoms with Crippen LogP contribution in [-0.4, -0.2) is 43.7 Å². The van der Waals surface area contributed by atoms with Crippen molar-refractivity contribution in [3.63, 3.8) is 0 Å². The highest BCUT2D eigenvalue weighted by Gasteiger charge is 2.30. The first-order valence-corrected chi connectivity index (χ1v) is 7.34. The van der Waals surface area contributed by atoms with Crippen LogP contribution in [0.4, 0.5) is 0 Å². The summed E-state index contributed by atoms with van der Waals surface area (Å²) in [5.74, 6) is 0.937. The third-order valence-corrected chi connectivity index (χ3v) is 4.28. The Labute approximate surface area is 119 Å². The Morgan fingerprint density at radius 1 is 1.50 bits per heavy atom. The van der Waals surface area contributed by atoms with Crippen molar-refractivity contribution < 1.29 is 14.3 Å². The predicted octanol–water partition coefficient (Wildman–Crippen LogP) is 1.80. The number of hydrogen-bond donors (Lipinski definition) is 0. The molecule has 0 N–H and O–H groups in total. The van der Waals surface area contributed by atoms with Crippen molar-refractivity contribution in [1.29, 1.82) is 0 Å². The zero-order valence-electron chi connectivity index (χ0n) is 11.9. The van der Waals surface area contributed by atoms with E-state index in [1.54, 1.807) is 0 Å². The lowest BCUT2D eigenvalue weighted by molar-refractivity contribution is -0.145. The van der Waals surface area contributed by atoms with Crippen LogP contribution in [0.5, 0.6) is 5.75 Å². The van der Waals surface area contributed by atoms with E-state index in [1.165, 1.54) is 18.2 Å². The topological polar surface area (TPSA) is 38.8 Å². The molecule has 0 radical (unpaired) electrons. The standard InChI is InChI=1S/C16H21NO3/c1-19-16(18)14-3-2-8-17(14)9-6-12-4-5-15-13(11-12)7-10-20-15/h4-5,11,14H,2-3,6-10H2,1H3. The van der Waals surface area contributed by atoms with Crippen LogP contribution in [-0.2, 0) is 22.4 Å². The second-order valence-corrected chi connectivity index (χ2v) is 5.51. The first-order chi connectivity index (χ1) is 9.78. The fourth-order valence-electron chi connectivity index (χ4n) is 3.16. The molecule has 1 fully saturated rings. The van der Waals surface area contributed by atoms with Crippen LogP contribution < -0.4 is 4.74 Å². The lowest BCUT2D eigenvalue weighted by Gasteiger charge is -2.22. The van der Waals surface area contributed by atoms with E-state index in [1.807, 2.05) is 0 Å². The molecule has 0 aliphatic carbocycles. The van der Waals surface area contributed by atoms with Crippen LogP contribution in [0.1, 0.15) is 24.0 Å². The summed E-state index contributed by atoms with van der Waals surface area (Å²) in [5.41, 5.74) is 2.64. The van der Waals surface area contributed by atoms with Crippen LogP contribution in [0.15, 0.2) is 18.2 Å². The van der Waals surface area contributed by atoms with E-state index in [-0.39, 0.29) is 12.0 Å². The summed E-state index contributed by atoms with van der Waals surface area (Å²) in [5, 5.41) is 0. The molecular formula is C16H21NO3. The molecule has 2 aliphatic rings. The summed E-state index contributed by atoms with van der Waals surface area (Å²) in [4.78, 5) is 14.0. The smallest absolute Gasteiger partial charge is 0.323 e. The third kappa shape index (κ3) is 2.66. The van der Waals surface area contributed by atoms with Gasteiger partial charge in [-0.3, -0.25) is 9.69 Å². The fraction of sp³-hybridized carbons (Fsp3) is 0.562. The second-order valence-electron chi connectivity index (χ2n) is 5.51. The average Bonchev–Trinajstić information content (AvgIpc) is 3.12. The molecule has 1 aromatic carbocycles. The van der Waals surface area contributed by atoms with E-state index < -0.39 is 0 Å². The summed E-state index contributed by atoms with van der Waals surface area (Å²) >= 11 is 0. The highest BCUT2D eigenvalue weighted by Crippen LogP contribution is 2.26. The van der Waals surface area contributed by atoms with Gasteiger partial charge in [-0.1, -0.05) is 12.1 Å². The zero-order chi connectivity index (χ0) is 13.9. The van der Waals surface area contributed by atoms with Gasteiger partial charge in [-0.25, -0.2) is 0 Å². The van der Waals surface area contributed by atoms with Gasteiger partial charge < -0.3 is 9.47 Å². The van der Waals surface area contributed by atoms with E-state index in [9.17, 15) is 4.79 Å². The van der Waals surface area contributed by atoms with E-state index in [2.05, 4.69) is 23.1 Å². The Kier molecular flexibility index (Phi) is 3.92. The quantitative estimate of drug-likeness (QED) is 0.786. The van der Waals surface area contributed by atoms with Gasteiger partial charge in [0.15, 0.2) is 0 Å². The molecule has 0 saturated carbocycles. The molecule has 20 heavy (non-hydrogen) atoms. The van der Waals surface area contributed by atoms with Gasteiger partial charge in [0.25, 0.3) is 0 Å². The molecule has 0 amide bonds. The first kappa shape index (κ1) is 13.4. The third-order valence-electron chi connectivity index (χ3n) is 4.28. The Hall–Kier alpha value is -1.55. The molecule has 1 unspecified atom stereocenters. The summed E-state index contributed by atoms with van der Waals surface area (Å²) in [6.45, 7) is 2.71. The normalized spacial score (nSPS) is 21.6. The zero-order valence-corrected chi connectivity index (χ0v) is 11.9. The molecule has 1 saturated heterocycles. The number of likely N-dealkylation sites (tertiary alicyclic amines) is 1. The van der Waals surface area contributed by atoms with Gasteiger partial charge >= 0.3 is 5.97 Å². The lowest BCUT2D eigenvalue weighted by atomic mass is 10.1. The number of benzene rings is 1. The highest BCUT2D eigenvalue weighted by atomic mass is 16.5. The van der Waals surface area contributed by atoms with Gasteiger partial charge in [0.05, 0.1) is 13.7 Å². The first-order valence-electron chi connectivity index (χ1n) is 7.34. The van der Waals surface area contributed by atoms with Crippen molar-refractivity contribution in [2.45, 2.75) is 31.7 Å². The summed E-state index contributed by atoms with van der Waals surface area (Å²) in [6.07, 6.45) is 3.99. The summed E-state index contributed by atoms with van der Waals surface area (Å²) in [6, 6.07) is 6.40. The maximum atomic E-state index is 11.7. The molecule has 2 aliphatic heterocycles. The minimum Gasteiger partial charge on any atom is -0.493 e. The predicted molar refractivity (Wildman–Crippen MR) is 76.0 cm³/mol. The lowest BCUT2D eigenvalue weighted by Crippen LogP contribution is -2.38. The van der Waals surface area contributed by atoms with E-state index in [0.717, 1.165) is 51.1 Å². The Balaban J connectivity index is 1.60. The SMILES string of the molecule is COC(=O)C1CCCN1CCc1ccc2c(c1)CCO2. The number of carbonyl (C=O) groups is 1. The number of esters is 1. The van der Waals surface area contributed by atoms with Crippen molar-refractivity contribution in [3.8, 4) is 5.75 Å². The van der Waals surface area contributed by atoms with Crippen molar-refractivity contribution in [1.82, 2.24) is 4.90 Å². The van der Waals surface area contributed by atoms with Crippen LogP contribution in [0.2, 0.25) is 0 Å². The van der Waals surface area contributed by atoms with E-state index >= 15 is 0 Å². The van der Waals surface area contributed by atoms with Crippen molar-refractivity contribution >= 4 is 5.97 Å². The number of nitrogens with zero attached hydrogens (tertiary/aromatic N) is 1. The fourth-order valence-corrected chi connectivity index (χ4v) is 3.16. The van der Waals surface area contributed by atoms with Crippen molar-refractivity contribution in [2.75, 3.05) is 26.8 Å². The maximum Gasteiger partial charge on any atom is 0.323 e. The van der Waals surface area contributed by atoms with Gasteiger partial charge in [-0.05, 0) is 43.0 Å². The number of ether oxygens (including phenoxy) is 2. The molecule has 2 heterocycles. The average molecular weight is 275 g/mol. The maximum absolute atomic E-state index is 11.7. The molecule has 3 rings (SSSR count). The van der Waals surface area contributed by atoms with Gasteiger partial charge in [0.1, 0.15) is 11.8 Å². The van der Waals surface area contributed by atoms with Crippen LogP contribution in [0, 0.1) is 0 Å². The number of hydrogen-bond acceptors (Lipinski definition) is 4. The minimum atomic E-state index is -0.0927. The summed E-state index contributed by atoms with van der Waals surface area (Å²) in [7, 11) is 1.47. The van der Waals surface area contributed by atoms with Crippen LogP contribution in [0.25, 0.3) is 0 Å². The van der Waals surface area contributed by atoms with Crippen LogP contribution in [0.3, 0.4) is 0 Å². The van der Waals surface area contributed by atoms with Crippen LogP contribution >= 0.6 is 0 Å². The molecule has 0 aromatic heterocycles. The molecule has 0 bridgehead atoms. The summed E-state index contributed by atoms with van der Waals surface area (Å²) < 4.78 is 10.4. The molecule has 4 nitrogen and oxygen atoms in total. The van der Waals surface area contributed by atoms with Gasteiger partial charge in [0.2, 0.25) is 0 Å². The van der Waals surface area contributed by atoms with Crippen molar-refractivity contribution in [2.24, 2.45) is 0 Å². The number of carbonyl (C=O) groups excluding carboxylic acids is 1. The largest absolute Gasteiger partial charge is 0.493 e. The van der Waals surface area contributed by atoms with E-state index in [4.69, 9.17) is 9.47 Å². The molecule has 1 aromatic rings. The van der Waals surface area contributed by atoms with Crippen molar-refractivity contribution in [3.05, 3.63) is 29.3 Å². The minimum absolute atomic E-state index is 0.0437. The van der Waals surface area contributed by atoms with Gasteiger partial charge in [-0.2, -0.15) is 0 Å². The number of rotatable bonds is 4. The Morgan fingerprint density at radius 3 is 3.25 bits per heavy atom. The molecule has 108 valence electrons. The molecule has 0 spiro atoms. The number of fused-ring (bicyclic) bond motifs is 1. The highest BCUT2D eigenvalue weighted by molar-refractivity contribution is 5.75. The molecule has 4 heteroatoms. The van der Waals surface area contributed by atoms with Gasteiger partial charge in [0, 0.05) is 13.0 Å². The monoisotopic (exact) mass is 275 g/mol. The molecule has 1 atom stereocenters. The van der Waals surface area contributed by atoms with Gasteiger partial charge in [-0.15, -0.1) is 0 Å². The molecular weight excluding hydrogens is 254 g/mol.